The number of hydrogen-bond acceptors (Lipinski definition) is 2. The van der Waals surface area contributed by atoms with Crippen molar-refractivity contribution in [1.82, 2.24) is 0 Å². The zero-order chi connectivity index (χ0) is 16.3. The lowest BCUT2D eigenvalue weighted by atomic mass is 9.76. The van der Waals surface area contributed by atoms with Crippen molar-refractivity contribution in [2.24, 2.45) is 23.7 Å². The molecule has 0 radical (unpaired) electrons. The van der Waals surface area contributed by atoms with Crippen molar-refractivity contribution in [3.8, 4) is 6.07 Å². The Labute approximate surface area is 143 Å². The van der Waals surface area contributed by atoms with Gasteiger partial charge in [-0.15, -0.1) is 0 Å². The average Bonchev–Trinajstić information content (AvgIpc) is 2.61. The number of rotatable bonds is 8. The molecule has 0 aliphatic heterocycles. The lowest BCUT2D eigenvalue weighted by molar-refractivity contribution is 0.142. The molecule has 0 unspecified atom stereocenters. The first-order valence-electron chi connectivity index (χ1n) is 9.98. The number of unbranched alkanes of at least 4 members (excludes halogenated alkanes) is 1. The highest BCUT2D eigenvalue weighted by Crippen LogP contribution is 2.36. The first-order valence-corrected chi connectivity index (χ1v) is 9.98. The lowest BCUT2D eigenvalue weighted by Gasteiger charge is -2.30. The van der Waals surface area contributed by atoms with Crippen molar-refractivity contribution >= 4 is 0 Å². The summed E-state index contributed by atoms with van der Waals surface area (Å²) >= 11 is 0. The number of allylic oxidation sites excluding steroid dienone is 1. The SMILES string of the molecule is CCC/C=C\OC[C@H]1CC[C@H](CC[C@H]2CC[C@H](C#N)CC2)CC1. The molecule has 2 fully saturated rings. The van der Waals surface area contributed by atoms with Gasteiger partial charge in [-0.25, -0.2) is 0 Å². The van der Waals surface area contributed by atoms with Crippen LogP contribution in [0, 0.1) is 35.0 Å². The number of hydrogen-bond donors (Lipinski definition) is 0. The minimum atomic E-state index is 0.355. The van der Waals surface area contributed by atoms with Crippen LogP contribution in [-0.2, 0) is 4.74 Å². The number of nitrogens with zero attached hydrogens (tertiary/aromatic N) is 1. The van der Waals surface area contributed by atoms with Crippen LogP contribution >= 0.6 is 0 Å². The van der Waals surface area contributed by atoms with Crippen LogP contribution in [0.5, 0.6) is 0 Å². The summed E-state index contributed by atoms with van der Waals surface area (Å²) in [5.74, 6) is 3.00. The van der Waals surface area contributed by atoms with Gasteiger partial charge in [0.15, 0.2) is 0 Å². The first-order chi connectivity index (χ1) is 11.3. The summed E-state index contributed by atoms with van der Waals surface area (Å²) in [6.45, 7) is 3.12. The van der Waals surface area contributed by atoms with E-state index in [1.54, 1.807) is 0 Å². The normalized spacial score (nSPS) is 31.8. The quantitative estimate of drug-likeness (QED) is 0.497. The third kappa shape index (κ3) is 6.98. The average molecular weight is 318 g/mol. The highest BCUT2D eigenvalue weighted by atomic mass is 16.5. The molecule has 2 saturated carbocycles. The summed E-state index contributed by atoms with van der Waals surface area (Å²) in [7, 11) is 0. The van der Waals surface area contributed by atoms with E-state index in [1.807, 2.05) is 6.26 Å². The minimum absolute atomic E-state index is 0.355. The summed E-state index contributed by atoms with van der Waals surface area (Å²) in [5.41, 5.74) is 0. The molecular weight excluding hydrogens is 282 g/mol. The van der Waals surface area contributed by atoms with E-state index in [4.69, 9.17) is 10.00 Å². The largest absolute Gasteiger partial charge is 0.501 e. The molecule has 2 heteroatoms. The Kier molecular flexibility index (Phi) is 8.58. The molecule has 2 aliphatic carbocycles. The van der Waals surface area contributed by atoms with E-state index < -0.39 is 0 Å². The molecule has 0 bridgehead atoms. The van der Waals surface area contributed by atoms with Crippen molar-refractivity contribution in [3.05, 3.63) is 12.3 Å². The van der Waals surface area contributed by atoms with Crippen LogP contribution in [0.4, 0.5) is 0 Å². The van der Waals surface area contributed by atoms with Crippen molar-refractivity contribution in [2.75, 3.05) is 6.61 Å². The van der Waals surface area contributed by atoms with Crippen LogP contribution in [0.1, 0.15) is 84.0 Å². The Balaban J connectivity index is 1.52. The maximum absolute atomic E-state index is 8.98. The van der Waals surface area contributed by atoms with Crippen LogP contribution in [0.3, 0.4) is 0 Å². The zero-order valence-corrected chi connectivity index (χ0v) is 15.0. The van der Waals surface area contributed by atoms with Gasteiger partial charge in [-0.3, -0.25) is 0 Å². The first kappa shape index (κ1) is 18.4. The summed E-state index contributed by atoms with van der Waals surface area (Å²) < 4.78 is 5.68. The summed E-state index contributed by atoms with van der Waals surface area (Å²) in [5, 5.41) is 8.98. The van der Waals surface area contributed by atoms with E-state index in [1.165, 1.54) is 57.8 Å². The van der Waals surface area contributed by atoms with Crippen molar-refractivity contribution in [2.45, 2.75) is 84.0 Å². The molecule has 130 valence electrons. The van der Waals surface area contributed by atoms with Crippen LogP contribution in [0.15, 0.2) is 12.3 Å². The Morgan fingerprint density at radius 3 is 2.04 bits per heavy atom. The molecule has 0 atom stereocenters. The van der Waals surface area contributed by atoms with E-state index in [0.29, 0.717) is 5.92 Å². The molecule has 2 rings (SSSR count). The summed E-state index contributed by atoms with van der Waals surface area (Å²) in [6.07, 6.45) is 19.6. The lowest BCUT2D eigenvalue weighted by Crippen LogP contribution is -2.19. The molecule has 2 nitrogen and oxygen atoms in total. The fraction of sp³-hybridized carbons (Fsp3) is 0.857. The molecular formula is C21H35NO. The van der Waals surface area contributed by atoms with Gasteiger partial charge >= 0.3 is 0 Å². The van der Waals surface area contributed by atoms with Gasteiger partial charge in [0.2, 0.25) is 0 Å². The van der Waals surface area contributed by atoms with Crippen LogP contribution in [0.25, 0.3) is 0 Å². The third-order valence-electron chi connectivity index (χ3n) is 5.96. The Bertz CT molecular complexity index is 368. The molecule has 0 saturated heterocycles. The van der Waals surface area contributed by atoms with E-state index in [0.717, 1.165) is 43.6 Å². The van der Waals surface area contributed by atoms with Gasteiger partial charge < -0.3 is 4.74 Å². The molecule has 0 aromatic heterocycles. The van der Waals surface area contributed by atoms with Crippen molar-refractivity contribution in [1.29, 1.82) is 5.26 Å². The smallest absolute Gasteiger partial charge is 0.0901 e. The summed E-state index contributed by atoms with van der Waals surface area (Å²) in [6, 6.07) is 2.45. The Morgan fingerprint density at radius 1 is 0.913 bits per heavy atom. The Hall–Kier alpha value is -0.970. The second kappa shape index (κ2) is 10.7. The topological polar surface area (TPSA) is 33.0 Å². The summed E-state index contributed by atoms with van der Waals surface area (Å²) in [4.78, 5) is 0. The van der Waals surface area contributed by atoms with E-state index >= 15 is 0 Å². The monoisotopic (exact) mass is 317 g/mol. The van der Waals surface area contributed by atoms with Crippen molar-refractivity contribution < 1.29 is 4.74 Å². The molecule has 0 heterocycles. The molecule has 0 spiro atoms. The minimum Gasteiger partial charge on any atom is -0.501 e. The standard InChI is InChI=1S/C21H35NO/c1-2-3-4-15-23-17-21-13-9-19(10-14-21)6-5-18-7-11-20(16-22)12-8-18/h4,15,18-21H,2-3,5-14,17H2,1H3/b15-4-/t18-,19-,20-,21-. The molecule has 0 amide bonds. The van der Waals surface area contributed by atoms with Gasteiger partial charge in [-0.2, -0.15) is 5.26 Å². The fourth-order valence-electron chi connectivity index (χ4n) is 4.23. The predicted molar refractivity (Wildman–Crippen MR) is 95.7 cm³/mol. The van der Waals surface area contributed by atoms with E-state index in [-0.39, 0.29) is 0 Å². The van der Waals surface area contributed by atoms with E-state index in [9.17, 15) is 0 Å². The van der Waals surface area contributed by atoms with Gasteiger partial charge in [0.05, 0.1) is 18.9 Å². The molecule has 0 aromatic carbocycles. The third-order valence-corrected chi connectivity index (χ3v) is 5.96. The van der Waals surface area contributed by atoms with Crippen LogP contribution < -0.4 is 0 Å². The maximum atomic E-state index is 8.98. The highest BCUT2D eigenvalue weighted by molar-refractivity contribution is 4.87. The van der Waals surface area contributed by atoms with Crippen LogP contribution in [-0.4, -0.2) is 6.61 Å². The van der Waals surface area contributed by atoms with Gasteiger partial charge in [0.1, 0.15) is 0 Å². The fourth-order valence-corrected chi connectivity index (χ4v) is 4.23. The predicted octanol–water partition coefficient (Wildman–Crippen LogP) is 6.23. The molecule has 0 N–H and O–H groups in total. The van der Waals surface area contributed by atoms with Gasteiger partial charge in [0, 0.05) is 5.92 Å². The zero-order valence-electron chi connectivity index (χ0n) is 15.0. The van der Waals surface area contributed by atoms with Crippen LogP contribution in [0.2, 0.25) is 0 Å². The number of ether oxygens (including phenoxy) is 1. The second-order valence-corrected chi connectivity index (χ2v) is 7.80. The van der Waals surface area contributed by atoms with Gasteiger partial charge in [0.25, 0.3) is 0 Å². The second-order valence-electron chi connectivity index (χ2n) is 7.80. The van der Waals surface area contributed by atoms with Crippen molar-refractivity contribution in [3.63, 3.8) is 0 Å². The Morgan fingerprint density at radius 2 is 1.48 bits per heavy atom. The highest BCUT2D eigenvalue weighted by Gasteiger charge is 2.24. The van der Waals surface area contributed by atoms with E-state index in [2.05, 4.69) is 19.1 Å². The molecule has 2 aliphatic rings. The van der Waals surface area contributed by atoms with Gasteiger partial charge in [-0.1, -0.05) is 39.0 Å². The molecule has 23 heavy (non-hydrogen) atoms. The van der Waals surface area contributed by atoms with Gasteiger partial charge in [-0.05, 0) is 68.8 Å². The maximum Gasteiger partial charge on any atom is 0.0901 e. The number of nitriles is 1. The molecule has 0 aromatic rings.